The van der Waals surface area contributed by atoms with E-state index in [4.69, 9.17) is 19.8 Å². The molecule has 0 atom stereocenters. The van der Waals surface area contributed by atoms with Gasteiger partial charge in [0.05, 0.1) is 29.2 Å². The Morgan fingerprint density at radius 2 is 0.667 bits per heavy atom. The Morgan fingerprint density at radius 3 is 1.04 bits per heavy atom. The Morgan fingerprint density at radius 1 is 0.320 bits per heavy atom. The van der Waals surface area contributed by atoms with E-state index in [-0.39, 0.29) is 22.4 Å². The van der Waals surface area contributed by atoms with Gasteiger partial charge in [0, 0.05) is 50.0 Å². The Kier molecular flexibility index (Phi) is 10.2. The van der Waals surface area contributed by atoms with Gasteiger partial charge in [0.15, 0.2) is 0 Å². The van der Waals surface area contributed by atoms with E-state index in [0.29, 0.717) is 50.6 Å². The van der Waals surface area contributed by atoms with Crippen molar-refractivity contribution in [2.75, 3.05) is 9.80 Å². The number of anilines is 6. The van der Waals surface area contributed by atoms with Crippen LogP contribution in [0.4, 0.5) is 34.1 Å². The molecule has 0 saturated heterocycles. The summed E-state index contributed by atoms with van der Waals surface area (Å²) in [5.74, 6) is 0. The standard InChI is InChI=1S/C72H67ClN2/c1-70(2,3)56-42-62(49-63(43-56)75(61-37-25-36-59(73)48-61)69-66(54-32-21-13-22-33-54)46-58(72(7,8)9)47-67(69)55-34-23-14-24-35-55)74(60-40-38-51(39-41-60)50-26-15-10-16-27-50)68-64(52-28-17-11-18-29-52)44-57(71(4,5)6)45-65(68)53-30-19-12-20-31-53/h10-49H,1-9H3/i10D,15D,16D,25D,26D,27D,36D,37D,38D,39D,40D,41D,48D. The normalized spacial score (nSPS) is 14.3. The quantitative estimate of drug-likeness (QED) is 0.127. The molecule has 75 heavy (non-hydrogen) atoms. The summed E-state index contributed by atoms with van der Waals surface area (Å²) in [4.78, 5) is 3.50. The molecule has 10 aromatic carbocycles. The van der Waals surface area contributed by atoms with Gasteiger partial charge in [0.1, 0.15) is 0 Å². The smallest absolute Gasteiger partial charge is 0.0661 e. The molecule has 3 heteroatoms. The highest BCUT2D eigenvalue weighted by Crippen LogP contribution is 2.53. The first kappa shape index (κ1) is 36.9. The summed E-state index contributed by atoms with van der Waals surface area (Å²) in [6, 6.07) is 45.2. The molecule has 0 aromatic heterocycles. The molecule has 0 bridgehead atoms. The fraction of sp³-hybridized carbons (Fsp3) is 0.167. The Labute approximate surface area is 469 Å². The molecule has 0 aliphatic rings. The van der Waals surface area contributed by atoms with Gasteiger partial charge in [-0.25, -0.2) is 0 Å². The van der Waals surface area contributed by atoms with Gasteiger partial charge < -0.3 is 9.80 Å². The fourth-order valence-corrected chi connectivity index (χ4v) is 9.47. The minimum atomic E-state index is -0.736. The number of benzene rings is 10. The van der Waals surface area contributed by atoms with Crippen LogP contribution < -0.4 is 9.80 Å². The summed E-state index contributed by atoms with van der Waals surface area (Å²) >= 11 is 7.04. The summed E-state index contributed by atoms with van der Waals surface area (Å²) < 4.78 is 123. The minimum absolute atomic E-state index is 0.107. The molecular formula is C72H67ClN2. The summed E-state index contributed by atoms with van der Waals surface area (Å²) in [7, 11) is 0. The zero-order chi connectivity index (χ0) is 63.8. The molecule has 0 N–H and O–H groups in total. The molecule has 0 amide bonds. The summed E-state index contributed by atoms with van der Waals surface area (Å²) in [6.07, 6.45) is 0. The third-order valence-corrected chi connectivity index (χ3v) is 13.6. The van der Waals surface area contributed by atoms with Crippen molar-refractivity contribution in [2.45, 2.75) is 78.6 Å². The predicted octanol–water partition coefficient (Wildman–Crippen LogP) is 21.5. The van der Waals surface area contributed by atoms with Gasteiger partial charge in [0.2, 0.25) is 0 Å². The van der Waals surface area contributed by atoms with Crippen LogP contribution in [0, 0.1) is 0 Å². The number of nitrogens with zero attached hydrogens (tertiary/aromatic N) is 2. The summed E-state index contributed by atoms with van der Waals surface area (Å²) in [6.45, 7) is 18.8. The van der Waals surface area contributed by atoms with E-state index < -0.39 is 99.9 Å². The highest BCUT2D eigenvalue weighted by molar-refractivity contribution is 6.31. The van der Waals surface area contributed by atoms with E-state index in [1.54, 1.807) is 9.80 Å². The second-order valence-electron chi connectivity index (χ2n) is 21.8. The van der Waals surface area contributed by atoms with Gasteiger partial charge >= 0.3 is 0 Å². The zero-order valence-corrected chi connectivity index (χ0v) is 44.6. The molecular weight excluding hydrogens is 928 g/mol. The van der Waals surface area contributed by atoms with Crippen LogP contribution in [-0.4, -0.2) is 0 Å². The van der Waals surface area contributed by atoms with Crippen LogP contribution in [-0.2, 0) is 16.2 Å². The first-order valence-electron chi connectivity index (χ1n) is 31.7. The lowest BCUT2D eigenvalue weighted by Crippen LogP contribution is -2.20. The summed E-state index contributed by atoms with van der Waals surface area (Å²) in [5, 5.41) is -0.342. The van der Waals surface area contributed by atoms with E-state index in [2.05, 4.69) is 65.8 Å². The van der Waals surface area contributed by atoms with Gasteiger partial charge in [-0.2, -0.15) is 0 Å². The van der Waals surface area contributed by atoms with E-state index in [1.807, 2.05) is 160 Å². The third kappa shape index (κ3) is 10.9. The average molecular weight is 1010 g/mol. The van der Waals surface area contributed by atoms with Gasteiger partial charge in [-0.3, -0.25) is 0 Å². The third-order valence-electron chi connectivity index (χ3n) is 13.4. The zero-order valence-electron chi connectivity index (χ0n) is 56.9. The first-order chi connectivity index (χ1) is 41.4. The van der Waals surface area contributed by atoms with E-state index in [9.17, 15) is 9.60 Å². The number of rotatable bonds is 11. The van der Waals surface area contributed by atoms with Gasteiger partial charge in [-0.1, -0.05) is 244 Å². The maximum atomic E-state index is 10.4. The van der Waals surface area contributed by atoms with Crippen molar-refractivity contribution < 1.29 is 17.8 Å². The number of hydrogen-bond acceptors (Lipinski definition) is 2. The molecule has 0 radical (unpaired) electrons. The van der Waals surface area contributed by atoms with E-state index in [0.717, 1.165) is 33.4 Å². The molecule has 0 unspecified atom stereocenters. The van der Waals surface area contributed by atoms with Crippen LogP contribution in [0.15, 0.2) is 242 Å². The predicted molar refractivity (Wildman–Crippen MR) is 324 cm³/mol. The number of hydrogen-bond donors (Lipinski definition) is 0. The van der Waals surface area contributed by atoms with E-state index in [1.165, 1.54) is 0 Å². The maximum Gasteiger partial charge on any atom is 0.0661 e. The molecule has 0 spiro atoms. The SMILES string of the molecule is [2H]c1c([2H])c([2H])c(-c2c([2H])c([2H])c(N(c3cc(N(c4c(-c5ccccc5)cc(C(C)(C)C)cc4-c4ccccc4)c4c([2H])c([2H])c([2H])c(Cl)c4[2H])cc(C(C)(C)C)c3)c3c(-c4ccccc4)cc(C(C)(C)C)cc3-c3ccccc3)c([2H])c2[2H])c([2H])c1[2H]. The minimum Gasteiger partial charge on any atom is -0.309 e. The van der Waals surface area contributed by atoms with Crippen molar-refractivity contribution in [1.82, 2.24) is 0 Å². The van der Waals surface area contributed by atoms with E-state index >= 15 is 0 Å². The molecule has 0 aliphatic heterocycles. The Bertz CT molecular complexity index is 4160. The molecule has 0 saturated carbocycles. The van der Waals surface area contributed by atoms with Crippen LogP contribution in [0.5, 0.6) is 0 Å². The topological polar surface area (TPSA) is 6.48 Å². The lowest BCUT2D eigenvalue weighted by atomic mass is 9.81. The Hall–Kier alpha value is -7.91. The van der Waals surface area contributed by atoms with Crippen LogP contribution in [0.2, 0.25) is 5.02 Å². The maximum absolute atomic E-state index is 10.4. The van der Waals surface area contributed by atoms with Gasteiger partial charge in [0.25, 0.3) is 0 Å². The molecule has 0 heterocycles. The van der Waals surface area contributed by atoms with Crippen molar-refractivity contribution in [2.24, 2.45) is 0 Å². The van der Waals surface area contributed by atoms with Crippen molar-refractivity contribution >= 4 is 45.7 Å². The summed E-state index contributed by atoms with van der Waals surface area (Å²) in [5.41, 5.74) is 6.99. The molecule has 372 valence electrons. The first-order valence-corrected chi connectivity index (χ1v) is 25.6. The fourth-order valence-electron chi connectivity index (χ4n) is 9.34. The lowest BCUT2D eigenvalue weighted by molar-refractivity contribution is 0.590. The molecule has 0 fully saturated rings. The van der Waals surface area contributed by atoms with Crippen LogP contribution >= 0.6 is 11.6 Å². The lowest BCUT2D eigenvalue weighted by Gasteiger charge is -2.36. The van der Waals surface area contributed by atoms with Crippen LogP contribution in [0.3, 0.4) is 0 Å². The molecule has 2 nitrogen and oxygen atoms in total. The number of halogens is 1. The second-order valence-corrected chi connectivity index (χ2v) is 22.2. The largest absolute Gasteiger partial charge is 0.309 e. The van der Waals surface area contributed by atoms with Crippen molar-refractivity contribution in [3.8, 4) is 55.6 Å². The monoisotopic (exact) mass is 1010 g/mol. The average Bonchev–Trinajstić information content (AvgIpc) is 0.923. The Balaban J connectivity index is 1.47. The van der Waals surface area contributed by atoms with Crippen molar-refractivity contribution in [3.63, 3.8) is 0 Å². The highest BCUT2D eigenvalue weighted by Gasteiger charge is 2.31. The van der Waals surface area contributed by atoms with Crippen LogP contribution in [0.25, 0.3) is 55.6 Å². The van der Waals surface area contributed by atoms with Gasteiger partial charge in [-0.15, -0.1) is 0 Å². The molecule has 10 rings (SSSR count). The van der Waals surface area contributed by atoms with Crippen LogP contribution in [0.1, 0.15) is 96.8 Å². The van der Waals surface area contributed by atoms with Gasteiger partial charge in [-0.05, 0) is 139 Å². The van der Waals surface area contributed by atoms with Crippen molar-refractivity contribution in [1.29, 1.82) is 0 Å². The van der Waals surface area contributed by atoms with Crippen molar-refractivity contribution in [3.05, 3.63) is 264 Å². The molecule has 0 aliphatic carbocycles. The molecule has 10 aromatic rings. The highest BCUT2D eigenvalue weighted by atomic mass is 35.5. The second kappa shape index (κ2) is 20.8.